The van der Waals surface area contributed by atoms with Gasteiger partial charge in [-0.3, -0.25) is 4.79 Å². The first-order chi connectivity index (χ1) is 5.79. The van der Waals surface area contributed by atoms with Gasteiger partial charge in [-0.15, -0.1) is 0 Å². The summed E-state index contributed by atoms with van der Waals surface area (Å²) in [5, 5.41) is 8.50. The van der Waals surface area contributed by atoms with Gasteiger partial charge in [-0.25, -0.2) is 0 Å². The molecule has 0 N–H and O–H groups in total. The van der Waals surface area contributed by atoms with Crippen LogP contribution in [0.3, 0.4) is 0 Å². The van der Waals surface area contributed by atoms with Crippen molar-refractivity contribution in [3.63, 3.8) is 0 Å². The van der Waals surface area contributed by atoms with Crippen LogP contribution in [0.4, 0.5) is 0 Å². The Morgan fingerprint density at radius 3 is 2.92 bits per heavy atom. The Morgan fingerprint density at radius 1 is 1.58 bits per heavy atom. The number of aryl methyl sites for hydroxylation is 1. The Morgan fingerprint density at radius 2 is 2.33 bits per heavy atom. The van der Waals surface area contributed by atoms with Crippen LogP contribution < -0.4 is 0 Å². The van der Waals surface area contributed by atoms with Crippen LogP contribution in [0.2, 0.25) is 0 Å². The number of hydrogen-bond acceptors (Lipinski definition) is 2. The predicted octanol–water partition coefficient (Wildman–Crippen LogP) is 1.87. The van der Waals surface area contributed by atoms with Crippen LogP contribution in [0.5, 0.6) is 0 Å². The van der Waals surface area contributed by atoms with Crippen LogP contribution in [-0.2, 0) is 6.42 Å². The van der Waals surface area contributed by atoms with E-state index in [0.717, 1.165) is 17.4 Å². The van der Waals surface area contributed by atoms with E-state index in [0.29, 0.717) is 12.0 Å². The van der Waals surface area contributed by atoms with Gasteiger partial charge in [0.1, 0.15) is 6.29 Å². The summed E-state index contributed by atoms with van der Waals surface area (Å²) in [5.74, 6) is 0. The number of aldehydes is 1. The molecule has 0 aliphatic heterocycles. The van der Waals surface area contributed by atoms with E-state index in [9.17, 15) is 4.79 Å². The molecule has 0 aliphatic carbocycles. The lowest BCUT2D eigenvalue weighted by atomic mass is 10.0. The van der Waals surface area contributed by atoms with Crippen molar-refractivity contribution >= 4 is 6.29 Å². The Kier molecular flexibility index (Phi) is 2.60. The van der Waals surface area contributed by atoms with E-state index in [4.69, 9.17) is 5.26 Å². The van der Waals surface area contributed by atoms with E-state index < -0.39 is 0 Å². The summed E-state index contributed by atoms with van der Waals surface area (Å²) in [6.07, 6.45) is 1.10. The van der Waals surface area contributed by atoms with Crippen molar-refractivity contribution in [2.45, 2.75) is 13.3 Å². The van der Waals surface area contributed by atoms with Gasteiger partial charge in [0.25, 0.3) is 0 Å². The van der Waals surface area contributed by atoms with Gasteiger partial charge in [-0.05, 0) is 18.1 Å². The molecule has 1 rings (SSSR count). The van der Waals surface area contributed by atoms with Crippen molar-refractivity contribution in [3.8, 4) is 6.07 Å². The Labute approximate surface area is 71.4 Å². The van der Waals surface area contributed by atoms with E-state index in [2.05, 4.69) is 0 Å². The van der Waals surface area contributed by atoms with Crippen LogP contribution in [0.1, 0.15) is 21.5 Å². The van der Waals surface area contributed by atoms with Crippen LogP contribution in [-0.4, -0.2) is 6.29 Å². The largest absolute Gasteiger partial charge is 0.298 e. The van der Waals surface area contributed by atoms with Crippen LogP contribution in [0.25, 0.3) is 0 Å². The second kappa shape index (κ2) is 3.68. The van der Waals surface area contributed by atoms with Gasteiger partial charge in [-0.2, -0.15) is 5.26 Å². The SMILES string of the molecule is Cc1cccc(C=O)c1CC#N. The number of nitriles is 1. The van der Waals surface area contributed by atoms with Gasteiger partial charge in [0.2, 0.25) is 0 Å². The molecular weight excluding hydrogens is 150 g/mol. The molecule has 1 aromatic carbocycles. The van der Waals surface area contributed by atoms with E-state index in [1.165, 1.54) is 0 Å². The minimum atomic E-state index is 0.306. The molecule has 0 atom stereocenters. The number of nitrogens with zero attached hydrogens (tertiary/aromatic N) is 1. The molecule has 0 aliphatic rings. The maximum absolute atomic E-state index is 10.5. The quantitative estimate of drug-likeness (QED) is 0.618. The fourth-order valence-corrected chi connectivity index (χ4v) is 1.16. The standard InChI is InChI=1S/C10H9NO/c1-8-3-2-4-9(7-12)10(8)5-6-11/h2-4,7H,5H2,1H3. The number of carbonyl (C=O) groups is 1. The minimum Gasteiger partial charge on any atom is -0.298 e. The molecule has 0 saturated carbocycles. The topological polar surface area (TPSA) is 40.9 Å². The highest BCUT2D eigenvalue weighted by molar-refractivity contribution is 5.78. The fraction of sp³-hybridized carbons (Fsp3) is 0.200. The zero-order chi connectivity index (χ0) is 8.97. The van der Waals surface area contributed by atoms with Gasteiger partial charge in [0, 0.05) is 5.56 Å². The van der Waals surface area contributed by atoms with Crippen molar-refractivity contribution < 1.29 is 4.79 Å². The molecule has 0 spiro atoms. The average Bonchev–Trinajstić information content (AvgIpc) is 2.09. The van der Waals surface area contributed by atoms with Crippen LogP contribution >= 0.6 is 0 Å². The first-order valence-corrected chi connectivity index (χ1v) is 3.70. The lowest BCUT2D eigenvalue weighted by molar-refractivity contribution is 0.112. The second-order valence-corrected chi connectivity index (χ2v) is 2.60. The molecular formula is C10H9NO. The van der Waals surface area contributed by atoms with E-state index in [-0.39, 0.29) is 0 Å². The molecule has 2 nitrogen and oxygen atoms in total. The average molecular weight is 159 g/mol. The molecule has 0 bridgehead atoms. The molecule has 1 aromatic rings. The monoisotopic (exact) mass is 159 g/mol. The maximum atomic E-state index is 10.5. The first-order valence-electron chi connectivity index (χ1n) is 3.70. The summed E-state index contributed by atoms with van der Waals surface area (Å²) >= 11 is 0. The molecule has 0 radical (unpaired) electrons. The number of hydrogen-bond donors (Lipinski definition) is 0. The third kappa shape index (κ3) is 1.51. The van der Waals surface area contributed by atoms with Crippen molar-refractivity contribution in [3.05, 3.63) is 34.9 Å². The summed E-state index contributed by atoms with van der Waals surface area (Å²) in [7, 11) is 0. The zero-order valence-corrected chi connectivity index (χ0v) is 6.87. The lowest BCUT2D eigenvalue weighted by Gasteiger charge is -2.02. The molecule has 0 aromatic heterocycles. The molecule has 0 unspecified atom stereocenters. The number of rotatable bonds is 2. The fourth-order valence-electron chi connectivity index (χ4n) is 1.16. The van der Waals surface area contributed by atoms with Crippen molar-refractivity contribution in [2.24, 2.45) is 0 Å². The second-order valence-electron chi connectivity index (χ2n) is 2.60. The summed E-state index contributed by atoms with van der Waals surface area (Å²) < 4.78 is 0. The van der Waals surface area contributed by atoms with Crippen LogP contribution in [0.15, 0.2) is 18.2 Å². The van der Waals surface area contributed by atoms with Crippen molar-refractivity contribution in [1.29, 1.82) is 5.26 Å². The highest BCUT2D eigenvalue weighted by Crippen LogP contribution is 2.12. The molecule has 12 heavy (non-hydrogen) atoms. The molecule has 0 heterocycles. The van der Waals surface area contributed by atoms with Crippen molar-refractivity contribution in [2.75, 3.05) is 0 Å². The maximum Gasteiger partial charge on any atom is 0.150 e. The zero-order valence-electron chi connectivity index (χ0n) is 6.87. The van der Waals surface area contributed by atoms with Crippen LogP contribution in [0, 0.1) is 18.3 Å². The summed E-state index contributed by atoms with van der Waals surface area (Å²) in [6.45, 7) is 1.90. The van der Waals surface area contributed by atoms with Crippen molar-refractivity contribution in [1.82, 2.24) is 0 Å². The summed E-state index contributed by atoms with van der Waals surface area (Å²) in [4.78, 5) is 10.5. The Balaban J connectivity index is 3.21. The van der Waals surface area contributed by atoms with Gasteiger partial charge in [0.05, 0.1) is 12.5 Å². The molecule has 0 fully saturated rings. The smallest absolute Gasteiger partial charge is 0.150 e. The summed E-state index contributed by atoms with van der Waals surface area (Å²) in [6, 6.07) is 7.49. The Hall–Kier alpha value is -1.62. The summed E-state index contributed by atoms with van der Waals surface area (Å²) in [5.41, 5.74) is 2.47. The van der Waals surface area contributed by atoms with Gasteiger partial charge in [-0.1, -0.05) is 18.2 Å². The van der Waals surface area contributed by atoms with E-state index >= 15 is 0 Å². The van der Waals surface area contributed by atoms with Gasteiger partial charge >= 0.3 is 0 Å². The third-order valence-electron chi connectivity index (χ3n) is 1.83. The predicted molar refractivity (Wildman–Crippen MR) is 45.9 cm³/mol. The number of carbonyl (C=O) groups excluding carboxylic acids is 1. The third-order valence-corrected chi connectivity index (χ3v) is 1.83. The molecule has 0 amide bonds. The highest BCUT2D eigenvalue weighted by atomic mass is 16.1. The van der Waals surface area contributed by atoms with E-state index in [1.54, 1.807) is 6.07 Å². The van der Waals surface area contributed by atoms with E-state index in [1.807, 2.05) is 25.1 Å². The minimum absolute atomic E-state index is 0.306. The van der Waals surface area contributed by atoms with Gasteiger partial charge < -0.3 is 0 Å². The van der Waals surface area contributed by atoms with Gasteiger partial charge in [0.15, 0.2) is 0 Å². The molecule has 60 valence electrons. The lowest BCUT2D eigenvalue weighted by Crippen LogP contribution is -1.94. The Bertz CT molecular complexity index is 336. The molecule has 2 heteroatoms. The number of benzene rings is 1. The molecule has 0 saturated heterocycles. The normalized spacial score (nSPS) is 9.00. The highest BCUT2D eigenvalue weighted by Gasteiger charge is 2.02. The first kappa shape index (κ1) is 8.48.